The molecule has 18 heavy (non-hydrogen) atoms. The lowest BCUT2D eigenvalue weighted by Gasteiger charge is -2.29. The molecule has 2 atom stereocenters. The highest BCUT2D eigenvalue weighted by Gasteiger charge is 2.38. The number of aromatic amines is 1. The van der Waals surface area contributed by atoms with Crippen LogP contribution in [0.15, 0.2) is 24.3 Å². The van der Waals surface area contributed by atoms with Crippen molar-refractivity contribution in [3.63, 3.8) is 0 Å². The molecule has 0 spiro atoms. The van der Waals surface area contributed by atoms with Crippen molar-refractivity contribution in [1.29, 1.82) is 0 Å². The lowest BCUT2D eigenvalue weighted by Crippen LogP contribution is -2.36. The Balaban J connectivity index is 1.84. The van der Waals surface area contributed by atoms with Gasteiger partial charge in [0, 0.05) is 11.5 Å². The molecule has 3 N–H and O–H groups in total. The summed E-state index contributed by atoms with van der Waals surface area (Å²) in [6, 6.07) is 8.30. The lowest BCUT2D eigenvalue weighted by molar-refractivity contribution is 0.138. The molecule has 0 radical (unpaired) electrons. The minimum atomic E-state index is -0.0288. The summed E-state index contributed by atoms with van der Waals surface area (Å²) < 4.78 is 0. The van der Waals surface area contributed by atoms with Crippen molar-refractivity contribution >= 4 is 17.0 Å². The third kappa shape index (κ3) is 1.86. The summed E-state index contributed by atoms with van der Waals surface area (Å²) >= 11 is 0. The molecule has 0 saturated heterocycles. The van der Waals surface area contributed by atoms with Gasteiger partial charge >= 0.3 is 0 Å². The number of hydrogen-bond acceptors (Lipinski definition) is 3. The topological polar surface area (TPSA) is 60.9 Å². The van der Waals surface area contributed by atoms with E-state index in [2.05, 4.69) is 22.2 Å². The molecule has 96 valence electrons. The Morgan fingerprint density at radius 1 is 1.50 bits per heavy atom. The van der Waals surface area contributed by atoms with Gasteiger partial charge < -0.3 is 15.4 Å². The molecule has 0 amide bonds. The number of fused-ring (bicyclic) bond motifs is 1. The number of hydrogen-bond donors (Lipinski definition) is 3. The fraction of sp³-hybridized carbons (Fsp3) is 0.500. The van der Waals surface area contributed by atoms with Gasteiger partial charge in [-0.25, -0.2) is 4.98 Å². The van der Waals surface area contributed by atoms with E-state index < -0.39 is 0 Å². The van der Waals surface area contributed by atoms with E-state index in [1.54, 1.807) is 0 Å². The SMILES string of the molecule is CC1(CO)CCCC1Nc1nc2ccccc2[nH]1. The largest absolute Gasteiger partial charge is 0.396 e. The van der Waals surface area contributed by atoms with Crippen LogP contribution in [-0.2, 0) is 0 Å². The molecule has 1 aliphatic rings. The highest BCUT2D eigenvalue weighted by atomic mass is 16.3. The Morgan fingerprint density at radius 3 is 3.11 bits per heavy atom. The van der Waals surface area contributed by atoms with Gasteiger partial charge in [-0.05, 0) is 25.0 Å². The normalized spacial score (nSPS) is 27.8. The van der Waals surface area contributed by atoms with Crippen molar-refractivity contribution in [2.45, 2.75) is 32.2 Å². The number of anilines is 1. The average Bonchev–Trinajstić information content (AvgIpc) is 2.94. The van der Waals surface area contributed by atoms with Crippen molar-refractivity contribution in [3.8, 4) is 0 Å². The molecule has 0 bridgehead atoms. The number of aromatic nitrogens is 2. The zero-order chi connectivity index (χ0) is 12.6. The van der Waals surface area contributed by atoms with Gasteiger partial charge in [-0.3, -0.25) is 0 Å². The smallest absolute Gasteiger partial charge is 0.201 e. The van der Waals surface area contributed by atoms with Gasteiger partial charge in [0.1, 0.15) is 0 Å². The number of rotatable bonds is 3. The fourth-order valence-electron chi connectivity index (χ4n) is 2.85. The Morgan fingerprint density at radius 2 is 2.33 bits per heavy atom. The molecule has 4 heteroatoms. The molecule has 2 unspecified atom stereocenters. The molecule has 2 aromatic rings. The van der Waals surface area contributed by atoms with E-state index in [-0.39, 0.29) is 12.0 Å². The number of aliphatic hydroxyl groups excluding tert-OH is 1. The van der Waals surface area contributed by atoms with Crippen LogP contribution in [0, 0.1) is 5.41 Å². The van der Waals surface area contributed by atoms with Crippen LogP contribution in [-0.4, -0.2) is 27.7 Å². The number of benzene rings is 1. The monoisotopic (exact) mass is 245 g/mol. The molecular weight excluding hydrogens is 226 g/mol. The predicted octanol–water partition coefficient (Wildman–Crippen LogP) is 2.53. The van der Waals surface area contributed by atoms with E-state index in [4.69, 9.17) is 0 Å². The second-order valence-electron chi connectivity index (χ2n) is 5.50. The quantitative estimate of drug-likeness (QED) is 0.778. The third-order valence-corrected chi connectivity index (χ3v) is 4.14. The van der Waals surface area contributed by atoms with Crippen LogP contribution in [0.2, 0.25) is 0 Å². The van der Waals surface area contributed by atoms with Crippen LogP contribution in [0.1, 0.15) is 26.2 Å². The standard InChI is InChI=1S/C14H19N3O/c1-14(9-18)8-4-7-12(14)17-13-15-10-5-2-3-6-11(10)16-13/h2-3,5-6,12,18H,4,7-9H2,1H3,(H2,15,16,17). The van der Waals surface area contributed by atoms with Crippen LogP contribution >= 0.6 is 0 Å². The first kappa shape index (κ1) is 11.5. The summed E-state index contributed by atoms with van der Waals surface area (Å²) in [5.74, 6) is 0.808. The number of nitrogens with zero attached hydrogens (tertiary/aromatic N) is 1. The predicted molar refractivity (Wildman–Crippen MR) is 72.5 cm³/mol. The third-order valence-electron chi connectivity index (χ3n) is 4.14. The van der Waals surface area contributed by atoms with E-state index in [1.165, 1.54) is 0 Å². The van der Waals surface area contributed by atoms with Crippen LogP contribution in [0.4, 0.5) is 5.95 Å². The fourth-order valence-corrected chi connectivity index (χ4v) is 2.85. The first-order chi connectivity index (χ1) is 8.71. The van der Waals surface area contributed by atoms with Crippen LogP contribution in [0.3, 0.4) is 0 Å². The van der Waals surface area contributed by atoms with Crippen molar-refractivity contribution in [1.82, 2.24) is 9.97 Å². The van der Waals surface area contributed by atoms with Crippen molar-refractivity contribution in [2.24, 2.45) is 5.41 Å². The summed E-state index contributed by atoms with van der Waals surface area (Å²) in [5, 5.41) is 13.0. The lowest BCUT2D eigenvalue weighted by atomic mass is 9.86. The molecule has 1 aromatic carbocycles. The Kier molecular flexibility index (Phi) is 2.74. The average molecular weight is 245 g/mol. The number of para-hydroxylation sites is 2. The molecule has 1 fully saturated rings. The summed E-state index contributed by atoms with van der Waals surface area (Å²) in [6.07, 6.45) is 3.32. The van der Waals surface area contributed by atoms with Gasteiger partial charge in [-0.2, -0.15) is 0 Å². The van der Waals surface area contributed by atoms with Gasteiger partial charge in [-0.15, -0.1) is 0 Å². The van der Waals surface area contributed by atoms with Crippen LogP contribution in [0.5, 0.6) is 0 Å². The van der Waals surface area contributed by atoms with E-state index in [1.807, 2.05) is 24.3 Å². The van der Waals surface area contributed by atoms with E-state index in [0.717, 1.165) is 36.2 Å². The van der Waals surface area contributed by atoms with Crippen LogP contribution in [0.25, 0.3) is 11.0 Å². The Labute approximate surface area is 106 Å². The van der Waals surface area contributed by atoms with Gasteiger partial charge in [0.15, 0.2) is 0 Å². The molecule has 3 rings (SSSR count). The second-order valence-corrected chi connectivity index (χ2v) is 5.50. The number of H-pyrrole nitrogens is 1. The van der Waals surface area contributed by atoms with E-state index in [9.17, 15) is 5.11 Å². The Hall–Kier alpha value is -1.55. The molecule has 0 aliphatic heterocycles. The van der Waals surface area contributed by atoms with E-state index >= 15 is 0 Å². The summed E-state index contributed by atoms with van der Waals surface area (Å²) in [7, 11) is 0. The second kappa shape index (κ2) is 4.28. The summed E-state index contributed by atoms with van der Waals surface area (Å²) in [5.41, 5.74) is 1.99. The molecule has 4 nitrogen and oxygen atoms in total. The molecular formula is C14H19N3O. The highest BCUT2D eigenvalue weighted by molar-refractivity contribution is 5.77. The van der Waals surface area contributed by atoms with Crippen molar-refractivity contribution in [3.05, 3.63) is 24.3 Å². The zero-order valence-electron chi connectivity index (χ0n) is 10.6. The van der Waals surface area contributed by atoms with E-state index in [0.29, 0.717) is 6.04 Å². The van der Waals surface area contributed by atoms with Crippen molar-refractivity contribution in [2.75, 3.05) is 11.9 Å². The molecule has 1 heterocycles. The molecule has 1 aliphatic carbocycles. The van der Waals surface area contributed by atoms with Crippen LogP contribution < -0.4 is 5.32 Å². The minimum Gasteiger partial charge on any atom is -0.396 e. The summed E-state index contributed by atoms with van der Waals surface area (Å²) in [6.45, 7) is 2.37. The maximum atomic E-state index is 9.54. The number of imidazole rings is 1. The Bertz CT molecular complexity index is 518. The van der Waals surface area contributed by atoms with Gasteiger partial charge in [0.2, 0.25) is 5.95 Å². The number of aliphatic hydroxyl groups is 1. The maximum Gasteiger partial charge on any atom is 0.201 e. The first-order valence-corrected chi connectivity index (χ1v) is 6.53. The highest BCUT2D eigenvalue weighted by Crippen LogP contribution is 2.38. The van der Waals surface area contributed by atoms with Gasteiger partial charge in [-0.1, -0.05) is 25.5 Å². The molecule has 1 saturated carbocycles. The minimum absolute atomic E-state index is 0.0288. The zero-order valence-corrected chi connectivity index (χ0v) is 10.6. The van der Waals surface area contributed by atoms with Gasteiger partial charge in [0.05, 0.1) is 17.6 Å². The van der Waals surface area contributed by atoms with Crippen molar-refractivity contribution < 1.29 is 5.11 Å². The number of nitrogens with one attached hydrogen (secondary N) is 2. The van der Waals surface area contributed by atoms with Gasteiger partial charge in [0.25, 0.3) is 0 Å². The molecule has 1 aromatic heterocycles. The first-order valence-electron chi connectivity index (χ1n) is 6.53. The maximum absolute atomic E-state index is 9.54. The summed E-state index contributed by atoms with van der Waals surface area (Å²) in [4.78, 5) is 7.81.